The average molecular weight is 397 g/mol. The number of benzene rings is 1. The van der Waals surface area contributed by atoms with Crippen molar-refractivity contribution in [2.24, 2.45) is 0 Å². The van der Waals surface area contributed by atoms with Crippen molar-refractivity contribution in [1.82, 2.24) is 4.90 Å². The highest BCUT2D eigenvalue weighted by Crippen LogP contribution is 2.39. The van der Waals surface area contributed by atoms with Gasteiger partial charge in [0.15, 0.2) is 0 Å². The number of hydrogen-bond acceptors (Lipinski definition) is 6. The molecule has 4 rings (SSSR count). The molecule has 1 N–H and O–H groups in total. The lowest BCUT2D eigenvalue weighted by Gasteiger charge is -2.36. The molecular formula is C21H20N2O2S2. The molecule has 0 saturated heterocycles. The van der Waals surface area contributed by atoms with E-state index in [-0.39, 0.29) is 12.6 Å². The van der Waals surface area contributed by atoms with E-state index in [0.29, 0.717) is 17.9 Å². The molecule has 0 radical (unpaired) electrons. The fourth-order valence-corrected chi connectivity index (χ4v) is 5.27. The van der Waals surface area contributed by atoms with Gasteiger partial charge in [0.25, 0.3) is 0 Å². The molecule has 3 aromatic rings. The first-order chi connectivity index (χ1) is 13.2. The van der Waals surface area contributed by atoms with E-state index >= 15 is 0 Å². The number of nitriles is 1. The number of fused-ring (bicyclic) bond motifs is 1. The Morgan fingerprint density at radius 2 is 2.04 bits per heavy atom. The molecule has 2 atom stereocenters. The Balaban J connectivity index is 1.42. The van der Waals surface area contributed by atoms with Crippen molar-refractivity contribution in [2.45, 2.75) is 18.6 Å². The summed E-state index contributed by atoms with van der Waals surface area (Å²) in [5.41, 5.74) is 1.97. The van der Waals surface area contributed by atoms with Crippen LogP contribution in [0.5, 0.6) is 5.75 Å². The van der Waals surface area contributed by atoms with Gasteiger partial charge in [0, 0.05) is 22.8 Å². The van der Waals surface area contributed by atoms with Crippen LogP contribution >= 0.6 is 22.7 Å². The van der Waals surface area contributed by atoms with E-state index in [1.807, 2.05) is 11.3 Å². The van der Waals surface area contributed by atoms with E-state index in [2.05, 4.69) is 39.9 Å². The second kappa shape index (κ2) is 8.24. The Labute approximate surface area is 166 Å². The van der Waals surface area contributed by atoms with Gasteiger partial charge >= 0.3 is 0 Å². The number of β-amino-alcohol motifs (C(OH)–C–C–N with tert-alkyl or cyclic N) is 1. The van der Waals surface area contributed by atoms with Crippen LogP contribution in [0.1, 0.15) is 26.9 Å². The Kier molecular flexibility index (Phi) is 5.55. The van der Waals surface area contributed by atoms with E-state index < -0.39 is 6.10 Å². The standard InChI is InChI=1S/C21H20N2O2S2/c22-12-15-3-5-17(6-4-15)25-14-16(24)13-23-9-7-19-18(8-11-27-19)21(23)20-2-1-10-26-20/h1-6,8,10-11,16,21,24H,7,9,13-14H2/t16-,21+/m0/s1. The smallest absolute Gasteiger partial charge is 0.119 e. The fraction of sp³-hybridized carbons (Fsp3) is 0.286. The maximum absolute atomic E-state index is 10.6. The summed E-state index contributed by atoms with van der Waals surface area (Å²) in [4.78, 5) is 5.12. The Bertz CT molecular complexity index is 913. The number of aliphatic hydroxyl groups is 1. The van der Waals surface area contributed by atoms with Gasteiger partial charge in [-0.3, -0.25) is 4.90 Å². The highest BCUT2D eigenvalue weighted by atomic mass is 32.1. The number of aliphatic hydroxyl groups excluding tert-OH is 1. The van der Waals surface area contributed by atoms with Crippen LogP contribution in [0, 0.1) is 11.3 Å². The maximum Gasteiger partial charge on any atom is 0.119 e. The van der Waals surface area contributed by atoms with Crippen LogP contribution in [-0.4, -0.2) is 35.8 Å². The van der Waals surface area contributed by atoms with E-state index in [1.165, 1.54) is 15.3 Å². The summed E-state index contributed by atoms with van der Waals surface area (Å²) in [6, 6.07) is 15.7. The normalized spacial score (nSPS) is 17.9. The molecule has 1 aliphatic heterocycles. The third-order valence-corrected chi connectivity index (χ3v) is 6.67. The zero-order chi connectivity index (χ0) is 18.6. The molecule has 1 aromatic carbocycles. The first-order valence-electron chi connectivity index (χ1n) is 8.89. The summed E-state index contributed by atoms with van der Waals surface area (Å²) in [7, 11) is 0. The van der Waals surface area contributed by atoms with E-state index in [0.717, 1.165) is 13.0 Å². The SMILES string of the molecule is N#Cc1ccc(OC[C@@H](O)CN2CCc3sccc3[C@@H]2c2cccs2)cc1. The number of rotatable bonds is 6. The van der Waals surface area contributed by atoms with E-state index in [9.17, 15) is 5.11 Å². The minimum Gasteiger partial charge on any atom is -0.491 e. The predicted molar refractivity (Wildman–Crippen MR) is 108 cm³/mol. The van der Waals surface area contributed by atoms with Gasteiger partial charge in [-0.25, -0.2) is 0 Å². The number of thiophene rings is 2. The third kappa shape index (κ3) is 4.07. The van der Waals surface area contributed by atoms with Gasteiger partial charge in [0.05, 0.1) is 17.7 Å². The van der Waals surface area contributed by atoms with Gasteiger partial charge in [-0.1, -0.05) is 6.07 Å². The van der Waals surface area contributed by atoms with E-state index in [4.69, 9.17) is 10.00 Å². The highest BCUT2D eigenvalue weighted by molar-refractivity contribution is 7.10. The molecule has 0 bridgehead atoms. The van der Waals surface area contributed by atoms with Crippen molar-refractivity contribution >= 4 is 22.7 Å². The van der Waals surface area contributed by atoms with Crippen molar-refractivity contribution in [3.8, 4) is 11.8 Å². The van der Waals surface area contributed by atoms with Crippen molar-refractivity contribution in [2.75, 3.05) is 19.7 Å². The van der Waals surface area contributed by atoms with Crippen LogP contribution in [0.2, 0.25) is 0 Å². The Morgan fingerprint density at radius 1 is 1.19 bits per heavy atom. The van der Waals surface area contributed by atoms with E-state index in [1.54, 1.807) is 35.6 Å². The quantitative estimate of drug-likeness (QED) is 0.682. The highest BCUT2D eigenvalue weighted by Gasteiger charge is 2.31. The number of hydrogen-bond donors (Lipinski definition) is 1. The van der Waals surface area contributed by atoms with Gasteiger partial charge in [0.2, 0.25) is 0 Å². The lowest BCUT2D eigenvalue weighted by atomic mass is 9.98. The summed E-state index contributed by atoms with van der Waals surface area (Å²) in [6.07, 6.45) is 0.446. The summed E-state index contributed by atoms with van der Waals surface area (Å²) < 4.78 is 5.71. The average Bonchev–Trinajstić information content (AvgIpc) is 3.38. The third-order valence-electron chi connectivity index (χ3n) is 4.75. The summed E-state index contributed by atoms with van der Waals surface area (Å²) in [5, 5.41) is 23.7. The second-order valence-corrected chi connectivity index (χ2v) is 8.54. The molecule has 0 saturated carbocycles. The molecule has 4 nitrogen and oxygen atoms in total. The van der Waals surface area contributed by atoms with Gasteiger partial charge in [-0.15, -0.1) is 22.7 Å². The predicted octanol–water partition coefficient (Wildman–Crippen LogP) is 4.07. The van der Waals surface area contributed by atoms with Crippen molar-refractivity contribution in [1.29, 1.82) is 5.26 Å². The lowest BCUT2D eigenvalue weighted by molar-refractivity contribution is 0.0562. The molecule has 6 heteroatoms. The topological polar surface area (TPSA) is 56.5 Å². The molecule has 138 valence electrons. The molecule has 0 spiro atoms. The Hall–Kier alpha value is -2.17. The molecule has 0 fully saturated rings. The van der Waals surface area contributed by atoms with Gasteiger partial charge < -0.3 is 9.84 Å². The van der Waals surface area contributed by atoms with Gasteiger partial charge in [-0.2, -0.15) is 5.26 Å². The number of nitrogens with zero attached hydrogens (tertiary/aromatic N) is 2. The largest absolute Gasteiger partial charge is 0.491 e. The first-order valence-corrected chi connectivity index (χ1v) is 10.7. The van der Waals surface area contributed by atoms with Gasteiger partial charge in [0.1, 0.15) is 18.5 Å². The fourth-order valence-electron chi connectivity index (χ4n) is 3.49. The van der Waals surface area contributed by atoms with Crippen LogP contribution in [0.25, 0.3) is 0 Å². The Morgan fingerprint density at radius 3 is 2.78 bits per heavy atom. The van der Waals surface area contributed by atoms with Crippen molar-refractivity contribution in [3.63, 3.8) is 0 Å². The first kappa shape index (κ1) is 18.2. The summed E-state index contributed by atoms with van der Waals surface area (Å²) in [5.74, 6) is 0.668. The molecule has 1 aliphatic rings. The van der Waals surface area contributed by atoms with Crippen molar-refractivity contribution < 1.29 is 9.84 Å². The second-order valence-electron chi connectivity index (χ2n) is 6.56. The molecule has 0 aliphatic carbocycles. The molecule has 0 unspecified atom stereocenters. The summed E-state index contributed by atoms with van der Waals surface area (Å²) >= 11 is 3.59. The molecule has 27 heavy (non-hydrogen) atoms. The molecule has 3 heterocycles. The van der Waals surface area contributed by atoms with Gasteiger partial charge in [-0.05, 0) is 59.1 Å². The molecule has 2 aromatic heterocycles. The summed E-state index contributed by atoms with van der Waals surface area (Å²) in [6.45, 7) is 1.73. The van der Waals surface area contributed by atoms with Crippen LogP contribution in [0.3, 0.4) is 0 Å². The van der Waals surface area contributed by atoms with Crippen LogP contribution in [0.15, 0.2) is 53.2 Å². The van der Waals surface area contributed by atoms with Crippen LogP contribution in [-0.2, 0) is 6.42 Å². The van der Waals surface area contributed by atoms with Crippen molar-refractivity contribution in [3.05, 3.63) is 74.1 Å². The van der Waals surface area contributed by atoms with Crippen LogP contribution < -0.4 is 4.74 Å². The molecular weight excluding hydrogens is 376 g/mol. The minimum atomic E-state index is -0.580. The number of ether oxygens (including phenoxy) is 1. The van der Waals surface area contributed by atoms with Crippen LogP contribution in [0.4, 0.5) is 0 Å². The molecule has 0 amide bonds. The lowest BCUT2D eigenvalue weighted by Crippen LogP contribution is -2.41. The maximum atomic E-state index is 10.6. The zero-order valence-corrected chi connectivity index (χ0v) is 16.4. The monoisotopic (exact) mass is 396 g/mol. The zero-order valence-electron chi connectivity index (χ0n) is 14.7. The minimum absolute atomic E-state index is 0.213.